The van der Waals surface area contributed by atoms with Crippen molar-refractivity contribution in [1.82, 2.24) is 14.9 Å². The van der Waals surface area contributed by atoms with Crippen molar-refractivity contribution in [2.24, 2.45) is 0 Å². The van der Waals surface area contributed by atoms with Crippen LogP contribution in [0.15, 0.2) is 41.9 Å². The Balaban J connectivity index is 1.73. The molecule has 2 aromatic heterocycles. The smallest absolute Gasteiger partial charge is 0.253 e. The predicted molar refractivity (Wildman–Crippen MR) is 103 cm³/mol. The third kappa shape index (κ3) is 3.58. The van der Waals surface area contributed by atoms with Gasteiger partial charge in [-0.05, 0) is 37.6 Å². The van der Waals surface area contributed by atoms with Gasteiger partial charge in [-0.25, -0.2) is 4.98 Å². The maximum atomic E-state index is 12.6. The van der Waals surface area contributed by atoms with Crippen LogP contribution in [0.3, 0.4) is 0 Å². The van der Waals surface area contributed by atoms with Crippen molar-refractivity contribution in [2.75, 3.05) is 19.0 Å². The van der Waals surface area contributed by atoms with E-state index in [1.165, 1.54) is 0 Å². The first-order chi connectivity index (χ1) is 12.0. The average Bonchev–Trinajstić information content (AvgIpc) is 3.21. The van der Waals surface area contributed by atoms with Gasteiger partial charge in [0.1, 0.15) is 0 Å². The van der Waals surface area contributed by atoms with E-state index >= 15 is 0 Å². The molecule has 3 rings (SSSR count). The summed E-state index contributed by atoms with van der Waals surface area (Å²) < 4.78 is 2.02. The average molecular weight is 354 g/mol. The lowest BCUT2D eigenvalue weighted by Gasteiger charge is -2.13. The third-order valence-corrected chi connectivity index (χ3v) is 4.95. The van der Waals surface area contributed by atoms with Crippen LogP contribution in [0.4, 0.5) is 5.69 Å². The zero-order valence-corrected chi connectivity index (χ0v) is 15.7. The number of carbonyl (C=O) groups is 1. The van der Waals surface area contributed by atoms with Gasteiger partial charge >= 0.3 is 0 Å². The lowest BCUT2D eigenvalue weighted by molar-refractivity contribution is 0.0950. The number of anilines is 1. The SMILES string of the molecule is Cc1cc(C(=O)NCc2ccc(N(C)C)cc2)c(C)n1-c1nccs1. The molecule has 1 aromatic carbocycles. The lowest BCUT2D eigenvalue weighted by Crippen LogP contribution is -2.23. The molecule has 2 heterocycles. The van der Waals surface area contributed by atoms with Gasteiger partial charge in [0.2, 0.25) is 0 Å². The Bertz CT molecular complexity index is 864. The third-order valence-electron chi connectivity index (χ3n) is 4.19. The van der Waals surface area contributed by atoms with E-state index in [4.69, 9.17) is 0 Å². The minimum absolute atomic E-state index is 0.0624. The second-order valence-electron chi connectivity index (χ2n) is 6.18. The molecule has 0 aliphatic rings. The first-order valence-electron chi connectivity index (χ1n) is 8.10. The van der Waals surface area contributed by atoms with Crippen molar-refractivity contribution in [3.63, 3.8) is 0 Å². The number of aryl methyl sites for hydroxylation is 1. The van der Waals surface area contributed by atoms with E-state index in [-0.39, 0.29) is 5.91 Å². The highest BCUT2D eigenvalue weighted by atomic mass is 32.1. The fraction of sp³-hybridized carbons (Fsp3) is 0.263. The van der Waals surface area contributed by atoms with Crippen molar-refractivity contribution < 1.29 is 4.79 Å². The molecule has 0 unspecified atom stereocenters. The molecule has 0 spiro atoms. The summed E-state index contributed by atoms with van der Waals surface area (Å²) in [6.45, 7) is 4.45. The number of thiazole rings is 1. The molecule has 0 aliphatic heterocycles. The van der Waals surface area contributed by atoms with Crippen LogP contribution < -0.4 is 10.2 Å². The van der Waals surface area contributed by atoms with Crippen LogP contribution in [0.1, 0.15) is 27.3 Å². The van der Waals surface area contributed by atoms with E-state index in [0.717, 1.165) is 27.8 Å². The molecule has 5 nitrogen and oxygen atoms in total. The van der Waals surface area contributed by atoms with Gasteiger partial charge in [-0.15, -0.1) is 11.3 Å². The Morgan fingerprint density at radius 2 is 1.96 bits per heavy atom. The normalized spacial score (nSPS) is 10.7. The molecule has 1 amide bonds. The number of nitrogens with one attached hydrogen (secondary N) is 1. The van der Waals surface area contributed by atoms with Crippen molar-refractivity contribution >= 4 is 22.9 Å². The fourth-order valence-corrected chi connectivity index (χ4v) is 3.55. The quantitative estimate of drug-likeness (QED) is 0.762. The van der Waals surface area contributed by atoms with Crippen LogP contribution in [-0.2, 0) is 6.54 Å². The molecule has 3 aromatic rings. The molecule has 25 heavy (non-hydrogen) atoms. The predicted octanol–water partition coefficient (Wildman–Crippen LogP) is 3.55. The first kappa shape index (κ1) is 17.2. The Hall–Kier alpha value is -2.60. The summed E-state index contributed by atoms with van der Waals surface area (Å²) in [5.74, 6) is -0.0624. The highest BCUT2D eigenvalue weighted by Crippen LogP contribution is 2.22. The number of hydrogen-bond donors (Lipinski definition) is 1. The maximum absolute atomic E-state index is 12.6. The minimum Gasteiger partial charge on any atom is -0.378 e. The molecule has 0 fully saturated rings. The van der Waals surface area contributed by atoms with Crippen molar-refractivity contribution in [1.29, 1.82) is 0 Å². The number of hydrogen-bond acceptors (Lipinski definition) is 4. The summed E-state index contributed by atoms with van der Waals surface area (Å²) in [4.78, 5) is 19.0. The standard InChI is InChI=1S/C19H22N4OS/c1-13-11-17(14(2)23(13)19-20-9-10-25-19)18(24)21-12-15-5-7-16(8-6-15)22(3)4/h5-11H,12H2,1-4H3,(H,21,24). The summed E-state index contributed by atoms with van der Waals surface area (Å²) in [6, 6.07) is 10.1. The minimum atomic E-state index is -0.0624. The highest BCUT2D eigenvalue weighted by molar-refractivity contribution is 7.12. The molecule has 0 atom stereocenters. The second-order valence-corrected chi connectivity index (χ2v) is 7.05. The van der Waals surface area contributed by atoms with Crippen LogP contribution in [0.25, 0.3) is 5.13 Å². The van der Waals surface area contributed by atoms with Gasteiger partial charge in [-0.3, -0.25) is 9.36 Å². The van der Waals surface area contributed by atoms with Gasteiger partial charge in [-0.2, -0.15) is 0 Å². The monoisotopic (exact) mass is 354 g/mol. The van der Waals surface area contributed by atoms with E-state index in [2.05, 4.69) is 27.3 Å². The first-order valence-corrected chi connectivity index (χ1v) is 8.98. The Labute approximate surface area is 151 Å². The zero-order chi connectivity index (χ0) is 18.0. The number of carbonyl (C=O) groups excluding carboxylic acids is 1. The Kier molecular flexibility index (Phi) is 4.90. The maximum Gasteiger partial charge on any atom is 0.253 e. The number of aromatic nitrogens is 2. The van der Waals surface area contributed by atoms with Gasteiger partial charge in [0.05, 0.1) is 5.56 Å². The highest BCUT2D eigenvalue weighted by Gasteiger charge is 2.17. The van der Waals surface area contributed by atoms with Crippen LogP contribution in [0, 0.1) is 13.8 Å². The molecule has 0 saturated heterocycles. The van der Waals surface area contributed by atoms with E-state index in [9.17, 15) is 4.79 Å². The van der Waals surface area contributed by atoms with E-state index in [1.54, 1.807) is 17.5 Å². The molecule has 0 radical (unpaired) electrons. The molecule has 0 saturated carbocycles. The molecule has 0 aliphatic carbocycles. The van der Waals surface area contributed by atoms with Crippen molar-refractivity contribution in [2.45, 2.75) is 20.4 Å². The number of benzene rings is 1. The second kappa shape index (κ2) is 7.11. The van der Waals surface area contributed by atoms with Crippen molar-refractivity contribution in [3.8, 4) is 5.13 Å². The summed E-state index contributed by atoms with van der Waals surface area (Å²) in [6.07, 6.45) is 1.77. The Morgan fingerprint density at radius 3 is 2.56 bits per heavy atom. The van der Waals surface area contributed by atoms with Gasteiger partial charge in [0.15, 0.2) is 5.13 Å². The largest absolute Gasteiger partial charge is 0.378 e. The Morgan fingerprint density at radius 1 is 1.24 bits per heavy atom. The number of rotatable bonds is 5. The summed E-state index contributed by atoms with van der Waals surface area (Å²) in [7, 11) is 4.02. The van der Waals surface area contributed by atoms with Crippen LogP contribution >= 0.6 is 11.3 Å². The zero-order valence-electron chi connectivity index (χ0n) is 14.9. The molecule has 1 N–H and O–H groups in total. The van der Waals surface area contributed by atoms with Gasteiger partial charge in [0, 0.05) is 49.3 Å². The summed E-state index contributed by atoms with van der Waals surface area (Å²) >= 11 is 1.56. The number of amides is 1. The summed E-state index contributed by atoms with van der Waals surface area (Å²) in [5, 5.41) is 5.83. The van der Waals surface area contributed by atoms with Crippen molar-refractivity contribution in [3.05, 3.63) is 64.4 Å². The van der Waals surface area contributed by atoms with E-state index in [1.807, 2.05) is 56.1 Å². The van der Waals surface area contributed by atoms with E-state index < -0.39 is 0 Å². The number of nitrogens with zero attached hydrogens (tertiary/aromatic N) is 3. The van der Waals surface area contributed by atoms with Crippen LogP contribution in [0.5, 0.6) is 0 Å². The van der Waals surface area contributed by atoms with E-state index in [0.29, 0.717) is 12.1 Å². The molecule has 6 heteroatoms. The van der Waals surface area contributed by atoms with Gasteiger partial charge in [-0.1, -0.05) is 12.1 Å². The molecule has 0 bridgehead atoms. The van der Waals surface area contributed by atoms with Crippen LogP contribution in [-0.4, -0.2) is 29.6 Å². The topological polar surface area (TPSA) is 50.2 Å². The molecule has 130 valence electrons. The van der Waals surface area contributed by atoms with Crippen LogP contribution in [0.2, 0.25) is 0 Å². The van der Waals surface area contributed by atoms with Gasteiger partial charge in [0.25, 0.3) is 5.91 Å². The summed E-state index contributed by atoms with van der Waals surface area (Å²) in [5.41, 5.74) is 4.83. The fourth-order valence-electron chi connectivity index (χ4n) is 2.80. The molecular formula is C19H22N4OS. The van der Waals surface area contributed by atoms with Gasteiger partial charge < -0.3 is 10.2 Å². The molecular weight excluding hydrogens is 332 g/mol. The lowest BCUT2D eigenvalue weighted by atomic mass is 10.2.